The van der Waals surface area contributed by atoms with Crippen LogP contribution in [0, 0.1) is 29.0 Å². The first-order valence-corrected chi connectivity index (χ1v) is 11.8. The van der Waals surface area contributed by atoms with Crippen molar-refractivity contribution in [2.24, 2.45) is 23.2 Å². The normalized spacial score (nSPS) is 28.3. The number of rotatable bonds is 7. The van der Waals surface area contributed by atoms with Crippen molar-refractivity contribution in [1.29, 1.82) is 0 Å². The highest BCUT2D eigenvalue weighted by Gasteiger charge is 2.53. The number of benzene rings is 2. The Bertz CT molecular complexity index is 1030. The van der Waals surface area contributed by atoms with Crippen LogP contribution < -0.4 is 9.47 Å². The van der Waals surface area contributed by atoms with Crippen LogP contribution in [0.5, 0.6) is 11.5 Å². The Morgan fingerprint density at radius 1 is 1.06 bits per heavy atom. The molecule has 6 rings (SSSR count). The summed E-state index contributed by atoms with van der Waals surface area (Å²) in [5.41, 5.74) is 1.63. The van der Waals surface area contributed by atoms with E-state index in [1.54, 1.807) is 13.2 Å². The van der Waals surface area contributed by atoms with Crippen LogP contribution in [0.3, 0.4) is 0 Å². The number of methoxy groups -OCH3 is 1. The molecule has 168 valence electrons. The van der Waals surface area contributed by atoms with Gasteiger partial charge in [-0.3, -0.25) is 4.79 Å². The molecule has 0 aliphatic heterocycles. The summed E-state index contributed by atoms with van der Waals surface area (Å²) in [5.74, 6) is 3.24. The summed E-state index contributed by atoms with van der Waals surface area (Å²) < 4.78 is 24.5. The van der Waals surface area contributed by atoms with E-state index >= 15 is 0 Å². The van der Waals surface area contributed by atoms with Gasteiger partial charge in [-0.05, 0) is 98.2 Å². The Kier molecular flexibility index (Phi) is 5.75. The zero-order valence-corrected chi connectivity index (χ0v) is 19.0. The number of allylic oxidation sites excluding steroid dienone is 1. The molecule has 0 saturated heterocycles. The summed E-state index contributed by atoms with van der Waals surface area (Å²) in [7, 11) is 1.61. The van der Waals surface area contributed by atoms with Crippen molar-refractivity contribution in [3.63, 3.8) is 0 Å². The Balaban J connectivity index is 1.31. The molecule has 4 saturated carbocycles. The Labute approximate surface area is 193 Å². The van der Waals surface area contributed by atoms with Gasteiger partial charge in [0.2, 0.25) is 0 Å². The second kappa shape index (κ2) is 8.55. The van der Waals surface area contributed by atoms with E-state index in [1.165, 1.54) is 37.5 Å². The van der Waals surface area contributed by atoms with Gasteiger partial charge in [-0.1, -0.05) is 23.7 Å². The highest BCUT2D eigenvalue weighted by Crippen LogP contribution is 2.60. The molecule has 3 nitrogen and oxygen atoms in total. The first-order valence-electron chi connectivity index (χ1n) is 11.4. The SMILES string of the molecule is COc1ccc(/C=C/C(=O)C23CC4CC(CC(C4)C2)C3)cc1COc1ccc(F)cc1Cl. The average Bonchev–Trinajstić information content (AvgIpc) is 2.76. The third kappa shape index (κ3) is 4.17. The number of hydrogen-bond donors (Lipinski definition) is 0. The van der Waals surface area contributed by atoms with E-state index in [9.17, 15) is 9.18 Å². The molecule has 2 aromatic carbocycles. The van der Waals surface area contributed by atoms with Gasteiger partial charge in [0.05, 0.1) is 12.1 Å². The fraction of sp³-hybridized carbons (Fsp3) is 0.444. The van der Waals surface area contributed by atoms with E-state index in [0.717, 1.165) is 48.1 Å². The van der Waals surface area contributed by atoms with Crippen molar-refractivity contribution in [1.82, 2.24) is 0 Å². The van der Waals surface area contributed by atoms with Gasteiger partial charge in [0, 0.05) is 11.0 Å². The zero-order chi connectivity index (χ0) is 22.3. The summed E-state index contributed by atoms with van der Waals surface area (Å²) in [6.07, 6.45) is 10.9. The van der Waals surface area contributed by atoms with Gasteiger partial charge in [0.25, 0.3) is 0 Å². The van der Waals surface area contributed by atoms with Crippen LogP contribution in [-0.2, 0) is 11.4 Å². The van der Waals surface area contributed by atoms with Crippen LogP contribution in [0.1, 0.15) is 49.7 Å². The van der Waals surface area contributed by atoms with Gasteiger partial charge in [-0.2, -0.15) is 0 Å². The number of carbonyl (C=O) groups is 1. The van der Waals surface area contributed by atoms with Gasteiger partial charge in [-0.15, -0.1) is 0 Å². The van der Waals surface area contributed by atoms with Crippen LogP contribution >= 0.6 is 11.6 Å². The maximum absolute atomic E-state index is 13.3. The number of halogens is 2. The van der Waals surface area contributed by atoms with E-state index in [-0.39, 0.29) is 17.0 Å². The monoisotopic (exact) mass is 454 g/mol. The third-order valence-corrected chi connectivity index (χ3v) is 7.87. The van der Waals surface area contributed by atoms with Gasteiger partial charge in [0.1, 0.15) is 23.9 Å². The Morgan fingerprint density at radius 2 is 1.72 bits per heavy atom. The van der Waals surface area contributed by atoms with Gasteiger partial charge >= 0.3 is 0 Å². The minimum absolute atomic E-state index is 0.122. The number of carbonyl (C=O) groups excluding carboxylic acids is 1. The van der Waals surface area contributed by atoms with Crippen molar-refractivity contribution in [3.05, 3.63) is 64.4 Å². The minimum Gasteiger partial charge on any atom is -0.496 e. The summed E-state index contributed by atoms with van der Waals surface area (Å²) >= 11 is 6.07. The van der Waals surface area contributed by atoms with Crippen LogP contribution in [0.4, 0.5) is 4.39 Å². The molecular weight excluding hydrogens is 427 g/mol. The lowest BCUT2D eigenvalue weighted by Crippen LogP contribution is -2.49. The quantitative estimate of drug-likeness (QED) is 0.428. The highest BCUT2D eigenvalue weighted by atomic mass is 35.5. The van der Waals surface area contributed by atoms with Crippen LogP contribution in [0.2, 0.25) is 5.02 Å². The lowest BCUT2D eigenvalue weighted by atomic mass is 9.48. The number of ether oxygens (including phenoxy) is 2. The Hall–Kier alpha value is -2.33. The van der Waals surface area contributed by atoms with Crippen molar-refractivity contribution in [3.8, 4) is 11.5 Å². The predicted octanol–water partition coefficient (Wildman–Crippen LogP) is 6.87. The molecule has 32 heavy (non-hydrogen) atoms. The lowest BCUT2D eigenvalue weighted by Gasteiger charge is -2.55. The largest absolute Gasteiger partial charge is 0.496 e. The molecular formula is C27H28ClFO3. The minimum atomic E-state index is -0.407. The second-order valence-electron chi connectivity index (χ2n) is 9.83. The molecule has 0 aromatic heterocycles. The smallest absolute Gasteiger partial charge is 0.161 e. The number of ketones is 1. The van der Waals surface area contributed by atoms with Crippen LogP contribution in [0.25, 0.3) is 6.08 Å². The maximum Gasteiger partial charge on any atom is 0.161 e. The number of hydrogen-bond acceptors (Lipinski definition) is 3. The first-order chi connectivity index (χ1) is 15.4. The third-order valence-electron chi connectivity index (χ3n) is 7.57. The molecule has 0 unspecified atom stereocenters. The molecule has 0 N–H and O–H groups in total. The maximum atomic E-state index is 13.3. The molecule has 4 aliphatic carbocycles. The van der Waals surface area contributed by atoms with E-state index in [0.29, 0.717) is 17.3 Å². The molecule has 0 spiro atoms. The average molecular weight is 455 g/mol. The van der Waals surface area contributed by atoms with Gasteiger partial charge < -0.3 is 9.47 Å². The topological polar surface area (TPSA) is 35.5 Å². The molecule has 4 fully saturated rings. The Morgan fingerprint density at radius 3 is 2.34 bits per heavy atom. The molecule has 0 amide bonds. The molecule has 0 heterocycles. The van der Waals surface area contributed by atoms with E-state index < -0.39 is 5.82 Å². The van der Waals surface area contributed by atoms with Crippen LogP contribution in [0.15, 0.2) is 42.5 Å². The summed E-state index contributed by atoms with van der Waals surface area (Å²) in [5, 5.41) is 0.223. The first kappa shape index (κ1) is 21.5. The van der Waals surface area contributed by atoms with Gasteiger partial charge in [-0.25, -0.2) is 4.39 Å². The fourth-order valence-corrected chi connectivity index (χ4v) is 6.75. The highest BCUT2D eigenvalue weighted by molar-refractivity contribution is 6.32. The molecule has 4 bridgehead atoms. The molecule has 4 aliphatic rings. The zero-order valence-electron chi connectivity index (χ0n) is 18.3. The standard InChI is InChI=1S/C27H28ClFO3/c1-31-24-5-2-17(11-21(24)16-32-25-6-4-22(29)12-23(25)28)3-7-26(30)27-13-18-8-19(14-27)10-20(9-18)15-27/h2-7,11-12,18-20H,8-10,13-16H2,1H3/b7-3+. The van der Waals surface area contributed by atoms with E-state index in [4.69, 9.17) is 21.1 Å². The summed E-state index contributed by atoms with van der Waals surface area (Å²) in [6.45, 7) is 0.221. The molecule has 0 atom stereocenters. The van der Waals surface area contributed by atoms with Crippen molar-refractivity contribution >= 4 is 23.5 Å². The molecule has 2 aromatic rings. The van der Waals surface area contributed by atoms with Crippen molar-refractivity contribution in [2.75, 3.05) is 7.11 Å². The fourth-order valence-electron chi connectivity index (χ4n) is 6.52. The van der Waals surface area contributed by atoms with E-state index in [2.05, 4.69) is 0 Å². The van der Waals surface area contributed by atoms with Crippen molar-refractivity contribution in [2.45, 2.75) is 45.1 Å². The van der Waals surface area contributed by atoms with Crippen molar-refractivity contribution < 1.29 is 18.7 Å². The second-order valence-corrected chi connectivity index (χ2v) is 10.2. The molecule has 5 heteroatoms. The van der Waals surface area contributed by atoms with Crippen LogP contribution in [-0.4, -0.2) is 12.9 Å². The predicted molar refractivity (Wildman–Crippen MR) is 123 cm³/mol. The van der Waals surface area contributed by atoms with E-state index in [1.807, 2.05) is 24.3 Å². The lowest BCUT2D eigenvalue weighted by molar-refractivity contribution is -0.138. The molecule has 0 radical (unpaired) electrons. The summed E-state index contributed by atoms with van der Waals surface area (Å²) in [4.78, 5) is 13.3. The van der Waals surface area contributed by atoms with Gasteiger partial charge in [0.15, 0.2) is 5.78 Å². The summed E-state index contributed by atoms with van der Waals surface area (Å²) in [6, 6.07) is 9.82.